The Morgan fingerprint density at radius 3 is 2.52 bits per heavy atom. The van der Waals surface area contributed by atoms with Crippen LogP contribution in [0.15, 0.2) is 22.8 Å². The van der Waals surface area contributed by atoms with E-state index in [1.54, 1.807) is 13.0 Å². The van der Waals surface area contributed by atoms with Gasteiger partial charge in [0.2, 0.25) is 0 Å². The summed E-state index contributed by atoms with van der Waals surface area (Å²) in [6.45, 7) is 6.99. The number of rotatable bonds is 2. The molecule has 3 rings (SSSR count). The molecule has 2 atom stereocenters. The molecule has 0 saturated heterocycles. The Bertz CT molecular complexity index is 633. The monoisotopic (exact) mass is 288 g/mol. The van der Waals surface area contributed by atoms with Crippen LogP contribution >= 0.6 is 0 Å². The smallest absolute Gasteiger partial charge is 0.302 e. The Morgan fingerprint density at radius 1 is 1.38 bits per heavy atom. The molecule has 4 nitrogen and oxygen atoms in total. The van der Waals surface area contributed by atoms with E-state index in [0.717, 1.165) is 18.4 Å². The van der Waals surface area contributed by atoms with Crippen LogP contribution in [-0.2, 0) is 19.1 Å². The molecule has 4 heteroatoms. The van der Waals surface area contributed by atoms with Gasteiger partial charge in [0.05, 0.1) is 5.41 Å². The maximum Gasteiger partial charge on any atom is 0.302 e. The largest absolute Gasteiger partial charge is 0.464 e. The minimum Gasteiger partial charge on any atom is -0.464 e. The summed E-state index contributed by atoms with van der Waals surface area (Å²) in [5, 5.41) is 0. The van der Waals surface area contributed by atoms with Crippen LogP contribution in [0, 0.1) is 16.7 Å². The SMILES string of the molecule is CC(=O)OCC1(C)C=C2C(=O)[C@@H](C)C3(CC3)C(C)=C2C1=O. The van der Waals surface area contributed by atoms with Gasteiger partial charge in [-0.2, -0.15) is 0 Å². The third kappa shape index (κ3) is 1.78. The molecule has 0 aliphatic heterocycles. The van der Waals surface area contributed by atoms with Gasteiger partial charge in [-0.25, -0.2) is 0 Å². The van der Waals surface area contributed by atoms with Gasteiger partial charge in [0.1, 0.15) is 6.61 Å². The summed E-state index contributed by atoms with van der Waals surface area (Å²) in [7, 11) is 0. The third-order valence-corrected chi connectivity index (χ3v) is 5.45. The number of carbonyl (C=O) groups excluding carboxylic acids is 3. The maximum absolute atomic E-state index is 12.8. The number of ether oxygens (including phenoxy) is 1. The molecule has 0 aromatic carbocycles. The minimum absolute atomic E-state index is 0.00386. The standard InChI is InChI=1S/C17H20O4/c1-9-13-12(14(19)10(2)17(9)5-6-17)7-16(4,15(13)20)8-21-11(3)18/h7,10H,5-6,8H2,1-4H3/t10-,16?/m1/s1. The van der Waals surface area contributed by atoms with Gasteiger partial charge in [-0.05, 0) is 26.7 Å². The van der Waals surface area contributed by atoms with E-state index in [0.29, 0.717) is 11.1 Å². The fourth-order valence-corrected chi connectivity index (χ4v) is 3.79. The van der Waals surface area contributed by atoms with Crippen molar-refractivity contribution in [3.05, 3.63) is 22.8 Å². The van der Waals surface area contributed by atoms with Crippen LogP contribution in [0.2, 0.25) is 0 Å². The molecule has 112 valence electrons. The van der Waals surface area contributed by atoms with Crippen molar-refractivity contribution in [3.63, 3.8) is 0 Å². The highest BCUT2D eigenvalue weighted by Crippen LogP contribution is 2.63. The summed E-state index contributed by atoms with van der Waals surface area (Å²) < 4.78 is 5.03. The summed E-state index contributed by atoms with van der Waals surface area (Å²) in [5.41, 5.74) is 1.18. The molecule has 1 saturated carbocycles. The number of esters is 1. The van der Waals surface area contributed by atoms with Crippen molar-refractivity contribution in [3.8, 4) is 0 Å². The van der Waals surface area contributed by atoms with Crippen molar-refractivity contribution in [1.82, 2.24) is 0 Å². The maximum atomic E-state index is 12.8. The van der Waals surface area contributed by atoms with Crippen molar-refractivity contribution in [2.24, 2.45) is 16.7 Å². The number of hydrogen-bond donors (Lipinski definition) is 0. The first-order valence-electron chi connectivity index (χ1n) is 7.40. The lowest BCUT2D eigenvalue weighted by atomic mass is 9.71. The van der Waals surface area contributed by atoms with Crippen molar-refractivity contribution < 1.29 is 19.1 Å². The molecule has 0 amide bonds. The molecule has 0 aromatic rings. The lowest BCUT2D eigenvalue weighted by Crippen LogP contribution is -2.34. The molecule has 0 bridgehead atoms. The molecule has 3 aliphatic rings. The quantitative estimate of drug-likeness (QED) is 0.732. The average molecular weight is 288 g/mol. The highest BCUT2D eigenvalue weighted by molar-refractivity contribution is 6.21. The average Bonchev–Trinajstić information content (AvgIpc) is 3.18. The van der Waals surface area contributed by atoms with Gasteiger partial charge in [-0.15, -0.1) is 0 Å². The summed E-state index contributed by atoms with van der Waals surface area (Å²) >= 11 is 0. The van der Waals surface area contributed by atoms with Gasteiger partial charge < -0.3 is 4.74 Å². The van der Waals surface area contributed by atoms with Crippen molar-refractivity contribution in [2.75, 3.05) is 6.61 Å². The van der Waals surface area contributed by atoms with Gasteiger partial charge in [0.25, 0.3) is 0 Å². The highest BCUT2D eigenvalue weighted by Gasteiger charge is 2.59. The minimum atomic E-state index is -0.909. The fourth-order valence-electron chi connectivity index (χ4n) is 3.79. The number of fused-ring (bicyclic) bond motifs is 1. The lowest BCUT2D eigenvalue weighted by Gasteiger charge is -2.31. The Hall–Kier alpha value is -1.71. The van der Waals surface area contributed by atoms with Crippen molar-refractivity contribution >= 4 is 17.5 Å². The van der Waals surface area contributed by atoms with E-state index in [1.165, 1.54) is 6.92 Å². The van der Waals surface area contributed by atoms with E-state index in [4.69, 9.17) is 4.74 Å². The predicted octanol–water partition coefficient (Wildman–Crippen LogP) is 2.38. The first kappa shape index (κ1) is 14.2. The zero-order chi connectivity index (χ0) is 15.6. The second kappa shape index (κ2) is 4.15. The zero-order valence-electron chi connectivity index (χ0n) is 12.9. The van der Waals surface area contributed by atoms with E-state index in [-0.39, 0.29) is 29.5 Å². The Morgan fingerprint density at radius 2 is 2.00 bits per heavy atom. The van der Waals surface area contributed by atoms with Crippen LogP contribution in [0.5, 0.6) is 0 Å². The highest BCUT2D eigenvalue weighted by atomic mass is 16.5. The van der Waals surface area contributed by atoms with E-state index >= 15 is 0 Å². The van der Waals surface area contributed by atoms with Crippen molar-refractivity contribution in [1.29, 1.82) is 0 Å². The molecule has 0 radical (unpaired) electrons. The van der Waals surface area contributed by atoms with Gasteiger partial charge in [-0.1, -0.05) is 18.6 Å². The van der Waals surface area contributed by atoms with Crippen LogP contribution in [-0.4, -0.2) is 24.1 Å². The molecule has 0 heterocycles. The summed E-state index contributed by atoms with van der Waals surface area (Å²) in [5.74, 6) is -0.492. The van der Waals surface area contributed by atoms with Gasteiger partial charge in [0.15, 0.2) is 11.6 Å². The Balaban J connectivity index is 2.06. The molecular weight excluding hydrogens is 268 g/mol. The van der Waals surface area contributed by atoms with Gasteiger partial charge in [0, 0.05) is 29.4 Å². The summed E-state index contributed by atoms with van der Waals surface area (Å²) in [6.07, 6.45) is 3.68. The van der Waals surface area contributed by atoms with E-state index in [1.807, 2.05) is 13.8 Å². The molecule has 3 aliphatic carbocycles. The molecule has 0 N–H and O–H groups in total. The first-order valence-corrected chi connectivity index (χ1v) is 7.40. The molecule has 21 heavy (non-hydrogen) atoms. The molecule has 0 aromatic heterocycles. The first-order chi connectivity index (χ1) is 9.73. The van der Waals surface area contributed by atoms with E-state index in [2.05, 4.69) is 0 Å². The molecule has 1 fully saturated rings. The second-order valence-electron chi connectivity index (χ2n) is 6.83. The number of allylic oxidation sites excluding steroid dienone is 3. The summed E-state index contributed by atoms with van der Waals surface area (Å²) in [4.78, 5) is 36.4. The second-order valence-corrected chi connectivity index (χ2v) is 6.83. The summed E-state index contributed by atoms with van der Waals surface area (Å²) in [6, 6.07) is 0. The number of ketones is 2. The van der Waals surface area contributed by atoms with Crippen LogP contribution in [0.1, 0.15) is 40.5 Å². The van der Waals surface area contributed by atoms with Crippen LogP contribution in [0.25, 0.3) is 0 Å². The third-order valence-electron chi connectivity index (χ3n) is 5.45. The Kier molecular flexibility index (Phi) is 2.81. The number of hydrogen-bond acceptors (Lipinski definition) is 4. The van der Waals surface area contributed by atoms with Crippen LogP contribution in [0.3, 0.4) is 0 Å². The molecule has 1 spiro atoms. The van der Waals surface area contributed by atoms with E-state index in [9.17, 15) is 14.4 Å². The lowest BCUT2D eigenvalue weighted by molar-refractivity contribution is -0.144. The van der Waals surface area contributed by atoms with Crippen LogP contribution in [0.4, 0.5) is 0 Å². The molecular formula is C17H20O4. The number of Topliss-reactive ketones (excluding diaryl/α,β-unsaturated/α-hetero) is 2. The normalized spacial score (nSPS) is 33.1. The number of carbonyl (C=O) groups is 3. The van der Waals surface area contributed by atoms with Gasteiger partial charge >= 0.3 is 5.97 Å². The molecule has 1 unspecified atom stereocenters. The Labute approximate surface area is 124 Å². The fraction of sp³-hybridized carbons (Fsp3) is 0.588. The van der Waals surface area contributed by atoms with Crippen LogP contribution < -0.4 is 0 Å². The van der Waals surface area contributed by atoms with E-state index < -0.39 is 11.4 Å². The topological polar surface area (TPSA) is 60.4 Å². The van der Waals surface area contributed by atoms with Crippen molar-refractivity contribution in [2.45, 2.75) is 40.5 Å². The predicted molar refractivity (Wildman–Crippen MR) is 76.4 cm³/mol. The zero-order valence-corrected chi connectivity index (χ0v) is 12.9. The van der Waals surface area contributed by atoms with Gasteiger partial charge in [-0.3, -0.25) is 14.4 Å².